The zero-order chi connectivity index (χ0) is 32.1. The number of nitrogens with one attached hydrogen (secondary N) is 1. The maximum absolute atomic E-state index is 13.0. The van der Waals surface area contributed by atoms with Crippen LogP contribution in [0.2, 0.25) is 0 Å². The maximum Gasteiger partial charge on any atom is 0.393 e. The molecule has 4 aromatic rings. The van der Waals surface area contributed by atoms with Gasteiger partial charge in [-0.15, -0.1) is 11.3 Å². The fourth-order valence-corrected chi connectivity index (χ4v) is 9.09. The molecule has 3 aromatic heterocycles. The first-order valence-corrected chi connectivity index (χ1v) is 18.2. The van der Waals surface area contributed by atoms with Gasteiger partial charge >= 0.3 is 6.18 Å². The van der Waals surface area contributed by atoms with Gasteiger partial charge in [-0.3, -0.25) is 9.80 Å². The number of benzene rings is 1. The average Bonchev–Trinajstić information content (AvgIpc) is 3.50. The summed E-state index contributed by atoms with van der Waals surface area (Å²) in [6.07, 6.45) is -3.38. The maximum atomic E-state index is 13.0. The van der Waals surface area contributed by atoms with Gasteiger partial charge in [-0.1, -0.05) is 6.07 Å². The van der Waals surface area contributed by atoms with Crippen molar-refractivity contribution < 1.29 is 21.6 Å². The number of rotatable bonds is 8. The van der Waals surface area contributed by atoms with Crippen molar-refractivity contribution in [1.29, 1.82) is 0 Å². The summed E-state index contributed by atoms with van der Waals surface area (Å²) in [5.74, 6) is 1.66. The molecule has 6 rings (SSSR count). The van der Waals surface area contributed by atoms with E-state index >= 15 is 0 Å². The second-order valence-corrected chi connectivity index (χ2v) is 16.2. The number of likely N-dealkylation sites (tertiary alicyclic amines) is 1. The van der Waals surface area contributed by atoms with Crippen LogP contribution in [0.1, 0.15) is 47.3 Å². The Morgan fingerprint density at radius 2 is 1.73 bits per heavy atom. The summed E-state index contributed by atoms with van der Waals surface area (Å²) >= 11 is 1.09. The number of hydrogen-bond acceptors (Lipinski definition) is 8. The fourth-order valence-electron chi connectivity index (χ4n) is 6.76. The standard InChI is InChI=1S/C32H41F3N6O2S2/c1-20-15-27-22(3)24(5-6-29(27)41(20)18-21(2)40-11-13-45(42,43)14-12-40)19-39-9-7-25(8-10-39)38-30-28-16-26(17-32(33,34)35)44-31(28)37-23(4)36-30/h5-6,15-16,21,25H,7-14,17-19H2,1-4H3,(H,36,37,38)/t21-/m0/s1. The first-order valence-electron chi connectivity index (χ1n) is 15.6. The van der Waals surface area contributed by atoms with Gasteiger partial charge in [0.25, 0.3) is 0 Å². The van der Waals surface area contributed by atoms with E-state index in [0.29, 0.717) is 34.9 Å². The number of alkyl halides is 3. The van der Waals surface area contributed by atoms with E-state index in [1.54, 1.807) is 13.0 Å². The molecule has 0 spiro atoms. The average molecular weight is 663 g/mol. The van der Waals surface area contributed by atoms with E-state index in [-0.39, 0.29) is 28.5 Å². The normalized spacial score (nSPS) is 19.4. The highest BCUT2D eigenvalue weighted by Gasteiger charge is 2.30. The first-order chi connectivity index (χ1) is 21.2. The number of aryl methyl sites for hydroxylation is 3. The smallest absolute Gasteiger partial charge is 0.367 e. The lowest BCUT2D eigenvalue weighted by Crippen LogP contribution is -2.46. The molecule has 0 amide bonds. The molecular formula is C32H41F3N6O2S2. The number of halogens is 3. The molecule has 1 N–H and O–H groups in total. The summed E-state index contributed by atoms with van der Waals surface area (Å²) in [4.78, 5) is 14.5. The number of fused-ring (bicyclic) bond motifs is 2. The molecule has 0 unspecified atom stereocenters. The van der Waals surface area contributed by atoms with Gasteiger partial charge in [0, 0.05) is 72.8 Å². The van der Waals surface area contributed by atoms with Crippen LogP contribution >= 0.6 is 11.3 Å². The summed E-state index contributed by atoms with van der Waals surface area (Å²) in [6, 6.07) is 8.75. The van der Waals surface area contributed by atoms with Crippen LogP contribution in [-0.4, -0.2) is 88.7 Å². The van der Waals surface area contributed by atoms with Crippen molar-refractivity contribution in [2.75, 3.05) is 43.0 Å². The molecule has 2 saturated heterocycles. The van der Waals surface area contributed by atoms with Gasteiger partial charge < -0.3 is 9.88 Å². The van der Waals surface area contributed by atoms with Crippen molar-refractivity contribution in [3.8, 4) is 0 Å². The Morgan fingerprint density at radius 1 is 1.02 bits per heavy atom. The Labute approximate surface area is 266 Å². The fraction of sp³-hybridized carbons (Fsp3) is 0.562. The van der Waals surface area contributed by atoms with Crippen LogP contribution in [0.5, 0.6) is 0 Å². The van der Waals surface area contributed by atoms with Crippen molar-refractivity contribution in [3.63, 3.8) is 0 Å². The zero-order valence-corrected chi connectivity index (χ0v) is 27.9. The van der Waals surface area contributed by atoms with E-state index in [4.69, 9.17) is 0 Å². The van der Waals surface area contributed by atoms with Crippen molar-refractivity contribution in [3.05, 3.63) is 51.8 Å². The van der Waals surface area contributed by atoms with E-state index in [1.165, 1.54) is 27.7 Å². The molecule has 244 valence electrons. The molecule has 0 bridgehead atoms. The highest BCUT2D eigenvalue weighted by atomic mass is 32.2. The Hall–Kier alpha value is -2.74. The Bertz CT molecular complexity index is 1790. The summed E-state index contributed by atoms with van der Waals surface area (Å²) in [5.41, 5.74) is 5.02. The predicted octanol–water partition coefficient (Wildman–Crippen LogP) is 5.87. The first kappa shape index (κ1) is 32.2. The van der Waals surface area contributed by atoms with Gasteiger partial charge in [0.15, 0.2) is 9.84 Å². The minimum Gasteiger partial charge on any atom is -0.367 e. The molecule has 1 atom stereocenters. The Kier molecular flexibility index (Phi) is 8.92. The largest absolute Gasteiger partial charge is 0.393 e. The monoisotopic (exact) mass is 662 g/mol. The van der Waals surface area contributed by atoms with Crippen molar-refractivity contribution in [2.24, 2.45) is 0 Å². The van der Waals surface area contributed by atoms with Gasteiger partial charge in [-0.2, -0.15) is 13.2 Å². The van der Waals surface area contributed by atoms with E-state index in [2.05, 4.69) is 68.6 Å². The lowest BCUT2D eigenvalue weighted by atomic mass is 10.0. The number of aromatic nitrogens is 3. The molecule has 2 aliphatic heterocycles. The molecule has 45 heavy (non-hydrogen) atoms. The number of anilines is 1. The number of thiophene rings is 1. The van der Waals surface area contributed by atoms with E-state index in [1.807, 2.05) is 0 Å². The van der Waals surface area contributed by atoms with Gasteiger partial charge in [0.2, 0.25) is 0 Å². The molecule has 5 heterocycles. The third-order valence-corrected chi connectivity index (χ3v) is 12.0. The number of piperidine rings is 1. The summed E-state index contributed by atoms with van der Waals surface area (Å²) in [5, 5.41) is 5.45. The second-order valence-electron chi connectivity index (χ2n) is 12.8. The summed E-state index contributed by atoms with van der Waals surface area (Å²) < 4.78 is 65.1. The van der Waals surface area contributed by atoms with Crippen molar-refractivity contribution in [2.45, 2.75) is 78.3 Å². The van der Waals surface area contributed by atoms with Gasteiger partial charge in [-0.25, -0.2) is 18.4 Å². The van der Waals surface area contributed by atoms with Crippen LogP contribution < -0.4 is 5.32 Å². The highest BCUT2D eigenvalue weighted by molar-refractivity contribution is 7.91. The zero-order valence-electron chi connectivity index (χ0n) is 26.2. The van der Waals surface area contributed by atoms with Gasteiger partial charge in [0.1, 0.15) is 16.5 Å². The van der Waals surface area contributed by atoms with Crippen LogP contribution in [0.3, 0.4) is 0 Å². The lowest BCUT2D eigenvalue weighted by molar-refractivity contribution is -0.126. The molecule has 0 saturated carbocycles. The Morgan fingerprint density at radius 3 is 2.42 bits per heavy atom. The third kappa shape index (κ3) is 7.31. The van der Waals surface area contributed by atoms with E-state index in [9.17, 15) is 21.6 Å². The van der Waals surface area contributed by atoms with Crippen molar-refractivity contribution in [1.82, 2.24) is 24.3 Å². The van der Waals surface area contributed by atoms with E-state index in [0.717, 1.165) is 50.4 Å². The van der Waals surface area contributed by atoms with Gasteiger partial charge in [-0.05, 0) is 69.9 Å². The molecule has 2 aliphatic rings. The molecule has 8 nitrogen and oxygen atoms in total. The van der Waals surface area contributed by atoms with Crippen LogP contribution in [0, 0.1) is 20.8 Å². The predicted molar refractivity (Wildman–Crippen MR) is 175 cm³/mol. The molecule has 0 aliphatic carbocycles. The molecular weight excluding hydrogens is 622 g/mol. The molecule has 13 heteroatoms. The summed E-state index contributed by atoms with van der Waals surface area (Å²) in [6.45, 7) is 13.0. The van der Waals surface area contributed by atoms with Crippen LogP contribution in [0.15, 0.2) is 24.3 Å². The minimum atomic E-state index is -4.25. The summed E-state index contributed by atoms with van der Waals surface area (Å²) in [7, 11) is -2.90. The SMILES string of the molecule is Cc1nc(NC2CCN(Cc3ccc4c(cc(C)n4C[C@H](C)N4CCS(=O)(=O)CC4)c3C)CC2)c2cc(CC(F)(F)F)sc2n1. The molecule has 1 aromatic carbocycles. The lowest BCUT2D eigenvalue weighted by Gasteiger charge is -2.33. The minimum absolute atomic E-state index is 0.187. The van der Waals surface area contributed by atoms with E-state index < -0.39 is 22.4 Å². The second kappa shape index (κ2) is 12.5. The van der Waals surface area contributed by atoms with Crippen LogP contribution in [0.4, 0.5) is 19.0 Å². The number of hydrogen-bond donors (Lipinski definition) is 1. The molecule has 0 radical (unpaired) electrons. The third-order valence-electron chi connectivity index (χ3n) is 9.38. The quantitative estimate of drug-likeness (QED) is 0.253. The van der Waals surface area contributed by atoms with Crippen molar-refractivity contribution >= 4 is 48.1 Å². The van der Waals surface area contributed by atoms with Crippen LogP contribution in [0.25, 0.3) is 21.1 Å². The highest BCUT2D eigenvalue weighted by Crippen LogP contribution is 2.34. The van der Waals surface area contributed by atoms with Gasteiger partial charge in [0.05, 0.1) is 23.3 Å². The number of sulfone groups is 1. The Balaban J connectivity index is 1.09. The van der Waals surface area contributed by atoms with Crippen LogP contribution in [-0.2, 0) is 29.3 Å². The topological polar surface area (TPSA) is 83.4 Å². The molecule has 2 fully saturated rings. The number of nitrogens with zero attached hydrogens (tertiary/aromatic N) is 5.